The Labute approximate surface area is 166 Å². The summed E-state index contributed by atoms with van der Waals surface area (Å²) in [5, 5.41) is 10.2. The third-order valence-electron chi connectivity index (χ3n) is 9.84. The molecular formula is C24H30O4. The molecule has 0 amide bonds. The van der Waals surface area contributed by atoms with Gasteiger partial charge in [0.1, 0.15) is 5.60 Å². The number of hydrogen-bond acceptors (Lipinski definition) is 4. The Bertz CT molecular complexity index is 855. The summed E-state index contributed by atoms with van der Waals surface area (Å²) >= 11 is 0. The van der Waals surface area contributed by atoms with Gasteiger partial charge in [-0.2, -0.15) is 0 Å². The summed E-state index contributed by atoms with van der Waals surface area (Å²) in [4.78, 5) is 24.3. The molecule has 0 aromatic rings. The average molecular weight is 383 g/mol. The molecule has 1 aliphatic heterocycles. The first-order valence-corrected chi connectivity index (χ1v) is 11.1. The van der Waals surface area contributed by atoms with E-state index in [0.29, 0.717) is 36.5 Å². The summed E-state index contributed by atoms with van der Waals surface area (Å²) < 4.78 is 6.14. The van der Waals surface area contributed by atoms with Crippen molar-refractivity contribution in [2.45, 2.75) is 64.4 Å². The lowest BCUT2D eigenvalue weighted by Crippen LogP contribution is -2.54. The number of rotatable bonds is 1. The van der Waals surface area contributed by atoms with Crippen LogP contribution < -0.4 is 0 Å². The van der Waals surface area contributed by atoms with Gasteiger partial charge in [0.2, 0.25) is 0 Å². The lowest BCUT2D eigenvalue weighted by Gasteiger charge is -2.57. The molecule has 28 heavy (non-hydrogen) atoms. The fraction of sp³-hybridized carbons (Fsp3) is 0.750. The van der Waals surface area contributed by atoms with Crippen LogP contribution in [0, 0.1) is 40.4 Å². The van der Waals surface area contributed by atoms with Crippen LogP contribution in [0.25, 0.3) is 0 Å². The first-order chi connectivity index (χ1) is 13.3. The third-order valence-corrected chi connectivity index (χ3v) is 9.84. The summed E-state index contributed by atoms with van der Waals surface area (Å²) in [6, 6.07) is 0. The van der Waals surface area contributed by atoms with E-state index in [4.69, 9.17) is 4.74 Å². The molecule has 1 spiro atoms. The molecule has 4 fully saturated rings. The molecule has 0 aromatic heterocycles. The zero-order valence-electron chi connectivity index (χ0n) is 16.9. The van der Waals surface area contributed by atoms with Crippen LogP contribution in [-0.4, -0.2) is 29.1 Å². The molecule has 1 saturated heterocycles. The van der Waals surface area contributed by atoms with Crippen molar-refractivity contribution in [3.05, 3.63) is 23.3 Å². The molecule has 8 atom stereocenters. The summed E-state index contributed by atoms with van der Waals surface area (Å²) in [6.45, 7) is 4.80. The number of aliphatic hydroxyl groups is 1. The van der Waals surface area contributed by atoms with Gasteiger partial charge >= 0.3 is 5.97 Å². The van der Waals surface area contributed by atoms with Crippen LogP contribution in [0.4, 0.5) is 0 Å². The predicted octanol–water partition coefficient (Wildman–Crippen LogP) is 3.59. The Morgan fingerprint density at radius 2 is 1.96 bits per heavy atom. The molecule has 3 unspecified atom stereocenters. The van der Waals surface area contributed by atoms with Crippen LogP contribution in [-0.2, 0) is 14.3 Å². The lowest BCUT2D eigenvalue weighted by molar-refractivity contribution is -0.166. The van der Waals surface area contributed by atoms with Crippen molar-refractivity contribution in [1.82, 2.24) is 0 Å². The van der Waals surface area contributed by atoms with Gasteiger partial charge in [0.25, 0.3) is 0 Å². The number of esters is 1. The van der Waals surface area contributed by atoms with E-state index in [2.05, 4.69) is 19.9 Å². The molecular weight excluding hydrogens is 352 g/mol. The van der Waals surface area contributed by atoms with E-state index in [0.717, 1.165) is 25.7 Å². The number of allylic oxidation sites excluding steroid dienone is 3. The largest absolute Gasteiger partial charge is 0.458 e. The Kier molecular flexibility index (Phi) is 3.23. The Hall–Kier alpha value is -1.42. The van der Waals surface area contributed by atoms with Crippen LogP contribution in [0.1, 0.15) is 58.8 Å². The fourth-order valence-corrected chi connectivity index (χ4v) is 8.62. The third kappa shape index (κ3) is 1.82. The van der Waals surface area contributed by atoms with Gasteiger partial charge in [-0.3, -0.25) is 9.59 Å². The maximum atomic E-state index is 12.1. The van der Waals surface area contributed by atoms with Crippen molar-refractivity contribution in [2.75, 3.05) is 6.61 Å². The molecule has 4 heteroatoms. The SMILES string of the molecule is C[C@]12CCC(=O)C=C1[C@H](CO)CC1C2=CC[C@@]2(C)C1[C@@H]1CC1[C@@]21CCC(=O)O1. The minimum atomic E-state index is -0.254. The topological polar surface area (TPSA) is 63.6 Å². The quantitative estimate of drug-likeness (QED) is 0.556. The van der Waals surface area contributed by atoms with Gasteiger partial charge in [0, 0.05) is 42.1 Å². The first kappa shape index (κ1) is 17.4. The van der Waals surface area contributed by atoms with Gasteiger partial charge in [-0.15, -0.1) is 0 Å². The smallest absolute Gasteiger partial charge is 0.306 e. The van der Waals surface area contributed by atoms with E-state index in [-0.39, 0.29) is 40.7 Å². The van der Waals surface area contributed by atoms with Crippen molar-refractivity contribution in [3.63, 3.8) is 0 Å². The highest BCUT2D eigenvalue weighted by atomic mass is 16.6. The monoisotopic (exact) mass is 382 g/mol. The molecule has 1 heterocycles. The molecule has 6 rings (SSSR count). The van der Waals surface area contributed by atoms with E-state index in [1.807, 2.05) is 6.08 Å². The van der Waals surface area contributed by atoms with E-state index >= 15 is 0 Å². The average Bonchev–Trinajstić information content (AvgIpc) is 3.30. The van der Waals surface area contributed by atoms with Gasteiger partial charge in [-0.05, 0) is 55.9 Å². The molecule has 4 nitrogen and oxygen atoms in total. The standard InChI is InChI=1S/C24H30O4/c1-22-6-3-14(26)10-18(22)13(12-25)9-15-17(22)4-7-23(2)21(15)16-11-19(16)24(23)8-5-20(27)28-24/h4,10,13,15-16,19,21,25H,3,5-9,11-12H2,1-2H3/t13-,15?,16+,19?,21?,22+,23-,24-/m0/s1. The van der Waals surface area contributed by atoms with Gasteiger partial charge in [-0.25, -0.2) is 0 Å². The number of fused-ring (bicyclic) bond motifs is 9. The molecule has 6 aliphatic rings. The van der Waals surface area contributed by atoms with Gasteiger partial charge < -0.3 is 9.84 Å². The van der Waals surface area contributed by atoms with Gasteiger partial charge in [0.05, 0.1) is 0 Å². The molecule has 3 saturated carbocycles. The highest BCUT2D eigenvalue weighted by Gasteiger charge is 2.78. The van der Waals surface area contributed by atoms with Crippen molar-refractivity contribution >= 4 is 11.8 Å². The van der Waals surface area contributed by atoms with Crippen molar-refractivity contribution in [2.24, 2.45) is 40.4 Å². The molecule has 150 valence electrons. The summed E-state index contributed by atoms with van der Waals surface area (Å²) in [7, 11) is 0. The minimum Gasteiger partial charge on any atom is -0.458 e. The molecule has 5 aliphatic carbocycles. The van der Waals surface area contributed by atoms with E-state index in [1.165, 1.54) is 17.6 Å². The van der Waals surface area contributed by atoms with Crippen molar-refractivity contribution in [3.8, 4) is 0 Å². The normalized spacial score (nSPS) is 53.6. The molecule has 0 radical (unpaired) electrons. The Morgan fingerprint density at radius 3 is 2.68 bits per heavy atom. The van der Waals surface area contributed by atoms with Crippen LogP contribution in [0.3, 0.4) is 0 Å². The minimum absolute atomic E-state index is 0.0119. The number of hydrogen-bond donors (Lipinski definition) is 1. The zero-order valence-corrected chi connectivity index (χ0v) is 16.9. The van der Waals surface area contributed by atoms with E-state index in [1.54, 1.807) is 0 Å². The van der Waals surface area contributed by atoms with Crippen molar-refractivity contribution < 1.29 is 19.4 Å². The highest BCUT2D eigenvalue weighted by Crippen LogP contribution is 2.78. The lowest BCUT2D eigenvalue weighted by atomic mass is 9.47. The molecule has 0 bridgehead atoms. The fourth-order valence-electron chi connectivity index (χ4n) is 8.62. The molecule has 1 N–H and O–H groups in total. The Morgan fingerprint density at radius 1 is 1.14 bits per heavy atom. The second kappa shape index (κ2) is 5.19. The van der Waals surface area contributed by atoms with Gasteiger partial charge in [-0.1, -0.05) is 31.1 Å². The Balaban J connectivity index is 1.47. The predicted molar refractivity (Wildman–Crippen MR) is 103 cm³/mol. The van der Waals surface area contributed by atoms with Crippen LogP contribution in [0.5, 0.6) is 0 Å². The second-order valence-electron chi connectivity index (χ2n) is 10.8. The first-order valence-electron chi connectivity index (χ1n) is 11.1. The van der Waals surface area contributed by atoms with E-state index < -0.39 is 0 Å². The van der Waals surface area contributed by atoms with Crippen LogP contribution in [0.2, 0.25) is 0 Å². The van der Waals surface area contributed by atoms with E-state index in [9.17, 15) is 14.7 Å². The number of aliphatic hydroxyl groups excluding tert-OH is 1. The number of ketones is 1. The van der Waals surface area contributed by atoms with Crippen LogP contribution in [0.15, 0.2) is 23.3 Å². The maximum Gasteiger partial charge on any atom is 0.306 e. The van der Waals surface area contributed by atoms with Crippen LogP contribution >= 0.6 is 0 Å². The molecule has 0 aromatic carbocycles. The summed E-state index contributed by atoms with van der Waals surface area (Å²) in [5.74, 6) is 2.45. The number of carbonyl (C=O) groups excluding carboxylic acids is 2. The highest BCUT2D eigenvalue weighted by molar-refractivity contribution is 5.92. The van der Waals surface area contributed by atoms with Gasteiger partial charge in [0.15, 0.2) is 5.78 Å². The second-order valence-corrected chi connectivity index (χ2v) is 10.8. The summed E-state index contributed by atoms with van der Waals surface area (Å²) in [6.07, 6.45) is 10.3. The summed E-state index contributed by atoms with van der Waals surface area (Å²) in [5.41, 5.74) is 2.37. The number of carbonyl (C=O) groups is 2. The number of ether oxygens (including phenoxy) is 1. The maximum absolute atomic E-state index is 12.1. The van der Waals surface area contributed by atoms with Crippen molar-refractivity contribution in [1.29, 1.82) is 0 Å². The zero-order chi connectivity index (χ0) is 19.5.